The highest BCUT2D eigenvalue weighted by molar-refractivity contribution is 6.30. The van der Waals surface area contributed by atoms with Gasteiger partial charge in [-0.25, -0.2) is 9.98 Å². The molecule has 2 aromatic heterocycles. The fourth-order valence-electron chi connectivity index (χ4n) is 3.09. The van der Waals surface area contributed by atoms with Crippen molar-refractivity contribution in [3.8, 4) is 5.88 Å². The summed E-state index contributed by atoms with van der Waals surface area (Å²) in [5.74, 6) is 0.823. The zero-order valence-corrected chi connectivity index (χ0v) is 20.1. The number of benzene rings is 1. The number of rotatable bonds is 10. The molecule has 0 radical (unpaired) electrons. The Morgan fingerprint density at radius 1 is 1.26 bits per heavy atom. The zero-order valence-electron chi connectivity index (χ0n) is 19.3. The largest absolute Gasteiger partial charge is 0.480 e. The van der Waals surface area contributed by atoms with Crippen LogP contribution in [0.15, 0.2) is 83.5 Å². The second kappa shape index (κ2) is 11.8. The minimum absolute atomic E-state index is 0.216. The van der Waals surface area contributed by atoms with Gasteiger partial charge in [0, 0.05) is 25.5 Å². The molecule has 0 atom stereocenters. The Hall–Kier alpha value is -3.98. The van der Waals surface area contributed by atoms with Crippen molar-refractivity contribution >= 4 is 23.2 Å². The first-order valence-corrected chi connectivity index (χ1v) is 10.7. The van der Waals surface area contributed by atoms with Crippen molar-refractivity contribution in [2.75, 3.05) is 14.2 Å². The molecule has 3 rings (SSSR count). The summed E-state index contributed by atoms with van der Waals surface area (Å²) in [4.78, 5) is 8.79. The van der Waals surface area contributed by atoms with Crippen LogP contribution in [-0.4, -0.2) is 39.8 Å². The molecule has 34 heavy (non-hydrogen) atoms. The summed E-state index contributed by atoms with van der Waals surface area (Å²) in [5.41, 5.74) is 3.85. The maximum atomic E-state index is 5.89. The summed E-state index contributed by atoms with van der Waals surface area (Å²) in [5, 5.41) is 14.3. The second-order valence-corrected chi connectivity index (χ2v) is 7.51. The third-order valence-electron chi connectivity index (χ3n) is 4.80. The molecule has 0 saturated carbocycles. The van der Waals surface area contributed by atoms with E-state index in [2.05, 4.69) is 38.6 Å². The molecule has 1 aromatic carbocycles. The van der Waals surface area contributed by atoms with E-state index in [1.165, 1.54) is 6.20 Å². The summed E-state index contributed by atoms with van der Waals surface area (Å²) < 4.78 is 13.1. The average molecular weight is 480 g/mol. The van der Waals surface area contributed by atoms with Crippen LogP contribution in [0.2, 0.25) is 5.02 Å². The van der Waals surface area contributed by atoms with Gasteiger partial charge in [-0.15, -0.1) is 0 Å². The third-order valence-corrected chi connectivity index (χ3v) is 5.02. The van der Waals surface area contributed by atoms with Gasteiger partial charge in [-0.2, -0.15) is 10.2 Å². The molecule has 10 heteroatoms. The van der Waals surface area contributed by atoms with E-state index < -0.39 is 0 Å². The van der Waals surface area contributed by atoms with Gasteiger partial charge in [0.1, 0.15) is 6.61 Å². The molecule has 3 aromatic rings. The molecule has 176 valence electrons. The number of nitrogens with zero attached hydrogens (tertiary/aromatic N) is 7. The molecule has 2 heterocycles. The van der Waals surface area contributed by atoms with E-state index in [-0.39, 0.29) is 6.61 Å². The predicted octanol–water partition coefficient (Wildman–Crippen LogP) is 5.05. The van der Waals surface area contributed by atoms with Crippen LogP contribution < -0.4 is 4.74 Å². The molecule has 0 spiro atoms. The summed E-state index contributed by atoms with van der Waals surface area (Å²) in [6.45, 7) is 8.62. The predicted molar refractivity (Wildman–Crippen MR) is 132 cm³/mol. The number of methoxy groups -OCH3 is 1. The highest BCUT2D eigenvalue weighted by Crippen LogP contribution is 2.21. The fraction of sp³-hybridized carbons (Fsp3) is 0.208. The first-order chi connectivity index (χ1) is 16.4. The van der Waals surface area contributed by atoms with Gasteiger partial charge in [0.25, 0.3) is 0 Å². The number of hydrogen-bond acceptors (Lipinski definition) is 7. The van der Waals surface area contributed by atoms with Crippen molar-refractivity contribution in [2.24, 2.45) is 22.4 Å². The minimum Gasteiger partial charge on any atom is -0.480 e. The van der Waals surface area contributed by atoms with E-state index in [0.717, 1.165) is 16.8 Å². The molecule has 0 fully saturated rings. The van der Waals surface area contributed by atoms with Gasteiger partial charge < -0.3 is 9.47 Å². The smallest absolute Gasteiger partial charge is 0.224 e. The van der Waals surface area contributed by atoms with Crippen molar-refractivity contribution in [3.63, 3.8) is 0 Å². The topological polar surface area (TPSA) is 89.5 Å². The van der Waals surface area contributed by atoms with Crippen molar-refractivity contribution in [2.45, 2.75) is 13.2 Å². The molecule has 0 aliphatic carbocycles. The normalized spacial score (nSPS) is 11.5. The zero-order chi connectivity index (χ0) is 24.5. The summed E-state index contributed by atoms with van der Waals surface area (Å²) >= 11 is 5.89. The lowest BCUT2D eigenvalue weighted by Gasteiger charge is -2.13. The lowest BCUT2D eigenvalue weighted by atomic mass is 10.1. The first-order valence-electron chi connectivity index (χ1n) is 10.3. The van der Waals surface area contributed by atoms with Crippen molar-refractivity contribution in [1.29, 1.82) is 0 Å². The standard InChI is InChI=1S/C24H26ClN7O2/c1-6-32(30-26-3)15-18-8-7-9-19(12-18)17(2)29-24(33-5)21-14-28-31(4)22(21)16-34-23-11-10-20(25)13-27-23/h6-14H,1-2,15-16H2,3-5H3. The van der Waals surface area contributed by atoms with E-state index in [1.54, 1.807) is 48.4 Å². The summed E-state index contributed by atoms with van der Waals surface area (Å²) in [7, 11) is 4.99. The molecule has 0 bridgehead atoms. The molecule has 0 aliphatic heterocycles. The molecule has 0 N–H and O–H groups in total. The average Bonchev–Trinajstić information content (AvgIpc) is 3.21. The van der Waals surface area contributed by atoms with Gasteiger partial charge in [-0.05, 0) is 23.3 Å². The van der Waals surface area contributed by atoms with Gasteiger partial charge >= 0.3 is 0 Å². The van der Waals surface area contributed by atoms with Crippen molar-refractivity contribution in [1.82, 2.24) is 19.8 Å². The number of halogens is 1. The number of hydrogen-bond donors (Lipinski definition) is 0. The molecular weight excluding hydrogens is 454 g/mol. The Morgan fingerprint density at radius 3 is 2.76 bits per heavy atom. The van der Waals surface area contributed by atoms with Gasteiger partial charge in [0.15, 0.2) is 0 Å². The van der Waals surface area contributed by atoms with Crippen LogP contribution in [0.4, 0.5) is 0 Å². The maximum absolute atomic E-state index is 5.89. The Morgan fingerprint density at radius 2 is 2.09 bits per heavy atom. The molecular formula is C24H26ClN7O2. The van der Waals surface area contributed by atoms with Crippen LogP contribution in [0.25, 0.3) is 5.70 Å². The van der Waals surface area contributed by atoms with Gasteiger partial charge in [-0.3, -0.25) is 9.69 Å². The van der Waals surface area contributed by atoms with Crippen LogP contribution in [0, 0.1) is 0 Å². The fourth-order valence-corrected chi connectivity index (χ4v) is 3.20. The van der Waals surface area contributed by atoms with Crippen molar-refractivity contribution in [3.05, 3.63) is 95.6 Å². The number of pyridine rings is 1. The number of ether oxygens (including phenoxy) is 2. The molecule has 9 nitrogen and oxygen atoms in total. The molecule has 0 unspecified atom stereocenters. The van der Waals surface area contributed by atoms with Crippen LogP contribution in [0.1, 0.15) is 22.4 Å². The Kier molecular flexibility index (Phi) is 8.53. The number of aryl methyl sites for hydroxylation is 1. The van der Waals surface area contributed by atoms with Crippen LogP contribution in [0.5, 0.6) is 5.88 Å². The second-order valence-electron chi connectivity index (χ2n) is 7.07. The third kappa shape index (κ3) is 6.29. The summed E-state index contributed by atoms with van der Waals surface area (Å²) in [6, 6.07) is 11.3. The van der Waals surface area contributed by atoms with Gasteiger partial charge in [-0.1, -0.05) is 48.2 Å². The monoisotopic (exact) mass is 479 g/mol. The molecule has 0 aliphatic rings. The Bertz CT molecular complexity index is 1200. The molecule has 0 amide bonds. The number of aliphatic imine (C=N–C) groups is 1. The highest BCUT2D eigenvalue weighted by atomic mass is 35.5. The van der Waals surface area contributed by atoms with E-state index in [0.29, 0.717) is 34.6 Å². The summed E-state index contributed by atoms with van der Waals surface area (Å²) in [6.07, 6.45) is 4.82. The van der Waals surface area contributed by atoms with Crippen LogP contribution in [-0.2, 0) is 24.9 Å². The van der Waals surface area contributed by atoms with Gasteiger partial charge in [0.2, 0.25) is 11.8 Å². The van der Waals surface area contributed by atoms with E-state index >= 15 is 0 Å². The quantitative estimate of drug-likeness (QED) is 0.175. The van der Waals surface area contributed by atoms with E-state index in [4.69, 9.17) is 21.1 Å². The van der Waals surface area contributed by atoms with Gasteiger partial charge in [0.05, 0.1) is 48.9 Å². The Labute approximate surface area is 203 Å². The van der Waals surface area contributed by atoms with E-state index in [9.17, 15) is 0 Å². The first kappa shape index (κ1) is 24.7. The number of aromatic nitrogens is 3. The highest BCUT2D eigenvalue weighted by Gasteiger charge is 2.17. The SMILES string of the molecule is C=CN(Cc1cccc(C(=C)N=C(OC)c2cnn(C)c2COc2ccc(Cl)cn2)c1)N=NC. The maximum Gasteiger partial charge on any atom is 0.224 e. The van der Waals surface area contributed by atoms with Crippen LogP contribution >= 0.6 is 11.6 Å². The van der Waals surface area contributed by atoms with Crippen molar-refractivity contribution < 1.29 is 9.47 Å². The molecule has 0 saturated heterocycles. The van der Waals surface area contributed by atoms with E-state index in [1.807, 2.05) is 31.3 Å². The Balaban J connectivity index is 1.81. The lowest BCUT2D eigenvalue weighted by molar-refractivity contribution is 0.282. The van der Waals surface area contributed by atoms with Crippen LogP contribution in [0.3, 0.4) is 0 Å². The lowest BCUT2D eigenvalue weighted by Crippen LogP contribution is -2.11. The minimum atomic E-state index is 0.216.